The van der Waals surface area contributed by atoms with E-state index in [0.717, 1.165) is 36.2 Å². The third kappa shape index (κ3) is 5.99. The molecule has 0 atom stereocenters. The topological polar surface area (TPSA) is 44.4 Å². The summed E-state index contributed by atoms with van der Waals surface area (Å²) in [6.45, 7) is 5.24. The third-order valence-corrected chi connectivity index (χ3v) is 4.46. The average Bonchev–Trinajstić information content (AvgIpc) is 2.60. The highest BCUT2D eigenvalue weighted by Crippen LogP contribution is 2.34. The number of aryl methyl sites for hydroxylation is 2. The Morgan fingerprint density at radius 3 is 2.32 bits per heavy atom. The van der Waals surface area contributed by atoms with Crippen LogP contribution in [0.3, 0.4) is 0 Å². The minimum Gasteiger partial charge on any atom is -0.383 e. The van der Waals surface area contributed by atoms with Crippen molar-refractivity contribution >= 4 is 17.3 Å². The van der Waals surface area contributed by atoms with Crippen LogP contribution >= 0.6 is 0 Å². The van der Waals surface area contributed by atoms with Crippen molar-refractivity contribution in [2.45, 2.75) is 26.4 Å². The monoisotopic (exact) mass is 393 g/mol. The van der Waals surface area contributed by atoms with Crippen LogP contribution in [0.15, 0.2) is 36.4 Å². The van der Waals surface area contributed by atoms with Gasteiger partial charge in [-0.3, -0.25) is 4.79 Å². The minimum absolute atomic E-state index is 0.114. The Kier molecular flexibility index (Phi) is 7.07. The van der Waals surface area contributed by atoms with Crippen LogP contribution in [0.1, 0.15) is 33.5 Å². The zero-order chi connectivity index (χ0) is 20.9. The number of nitrogens with one attached hydrogen (secondary N) is 2. The molecule has 2 N–H and O–H groups in total. The van der Waals surface area contributed by atoms with Crippen LogP contribution in [0.25, 0.3) is 0 Å². The van der Waals surface area contributed by atoms with Gasteiger partial charge in [0.1, 0.15) is 0 Å². The van der Waals surface area contributed by atoms with Crippen LogP contribution in [-0.4, -0.2) is 38.0 Å². The Morgan fingerprint density at radius 1 is 1.00 bits per heavy atom. The van der Waals surface area contributed by atoms with Gasteiger partial charge in [0.2, 0.25) is 0 Å². The SMILES string of the molecule is Cc1ccc(C(=O)Nc2cc(C(F)(F)F)ccc2NCCCN(C)C)cc1C. The largest absolute Gasteiger partial charge is 0.416 e. The molecule has 2 aromatic carbocycles. The summed E-state index contributed by atoms with van der Waals surface area (Å²) in [5.74, 6) is -0.446. The summed E-state index contributed by atoms with van der Waals surface area (Å²) < 4.78 is 39.3. The first kappa shape index (κ1) is 21.8. The molecule has 4 nitrogen and oxygen atoms in total. The summed E-state index contributed by atoms with van der Waals surface area (Å²) in [6.07, 6.45) is -3.66. The molecule has 0 aliphatic carbocycles. The Balaban J connectivity index is 2.24. The van der Waals surface area contributed by atoms with Gasteiger partial charge in [0, 0.05) is 12.1 Å². The Morgan fingerprint density at radius 2 is 1.71 bits per heavy atom. The van der Waals surface area contributed by atoms with Crippen LogP contribution in [0.2, 0.25) is 0 Å². The standard InChI is InChI=1S/C21H26F3N3O/c1-14-6-7-16(12-15(14)2)20(28)26-19-13-17(21(22,23)24)8-9-18(19)25-10-5-11-27(3)4/h6-9,12-13,25H,5,10-11H2,1-4H3,(H,26,28). The van der Waals surface area contributed by atoms with Gasteiger partial charge in [0.15, 0.2) is 0 Å². The molecule has 1 amide bonds. The van der Waals surface area contributed by atoms with Crippen molar-refractivity contribution in [1.29, 1.82) is 0 Å². The van der Waals surface area contributed by atoms with Gasteiger partial charge in [-0.1, -0.05) is 6.07 Å². The maximum absolute atomic E-state index is 13.1. The lowest BCUT2D eigenvalue weighted by molar-refractivity contribution is -0.137. The summed E-state index contributed by atoms with van der Waals surface area (Å²) in [6, 6.07) is 8.54. The molecule has 0 fully saturated rings. The maximum Gasteiger partial charge on any atom is 0.416 e. The van der Waals surface area contributed by atoms with E-state index in [1.807, 2.05) is 38.9 Å². The van der Waals surface area contributed by atoms with Crippen LogP contribution in [0.4, 0.5) is 24.5 Å². The molecule has 0 bridgehead atoms. The lowest BCUT2D eigenvalue weighted by Crippen LogP contribution is -2.18. The number of anilines is 2. The Labute approximate surface area is 163 Å². The number of carbonyl (C=O) groups is 1. The van der Waals surface area contributed by atoms with E-state index in [9.17, 15) is 18.0 Å². The molecular formula is C21H26F3N3O. The molecule has 0 radical (unpaired) electrons. The molecule has 7 heteroatoms. The molecule has 0 unspecified atom stereocenters. The van der Waals surface area contributed by atoms with E-state index < -0.39 is 17.6 Å². The highest BCUT2D eigenvalue weighted by molar-refractivity contribution is 6.06. The molecule has 0 saturated carbocycles. The number of benzene rings is 2. The molecular weight excluding hydrogens is 367 g/mol. The number of alkyl halides is 3. The predicted octanol–water partition coefficient (Wildman–Crippen LogP) is 4.94. The second kappa shape index (κ2) is 9.10. The highest BCUT2D eigenvalue weighted by Gasteiger charge is 2.31. The first-order valence-electron chi connectivity index (χ1n) is 9.06. The number of carbonyl (C=O) groups excluding carboxylic acids is 1. The highest BCUT2D eigenvalue weighted by atomic mass is 19.4. The fourth-order valence-electron chi connectivity index (χ4n) is 2.67. The lowest BCUT2D eigenvalue weighted by Gasteiger charge is -2.17. The summed E-state index contributed by atoms with van der Waals surface area (Å²) in [5, 5.41) is 5.74. The van der Waals surface area contributed by atoms with Crippen molar-refractivity contribution in [3.05, 3.63) is 58.7 Å². The van der Waals surface area contributed by atoms with E-state index in [1.54, 1.807) is 12.1 Å². The van der Waals surface area contributed by atoms with Crippen molar-refractivity contribution in [1.82, 2.24) is 4.90 Å². The fraction of sp³-hybridized carbons (Fsp3) is 0.381. The summed E-state index contributed by atoms with van der Waals surface area (Å²) in [4.78, 5) is 14.6. The van der Waals surface area contributed by atoms with Crippen molar-refractivity contribution < 1.29 is 18.0 Å². The van der Waals surface area contributed by atoms with E-state index in [4.69, 9.17) is 0 Å². The van der Waals surface area contributed by atoms with Gasteiger partial charge in [-0.05, 0) is 82.4 Å². The molecule has 0 aliphatic heterocycles. The second-order valence-electron chi connectivity index (χ2n) is 7.09. The van der Waals surface area contributed by atoms with E-state index in [2.05, 4.69) is 10.6 Å². The number of hydrogen-bond donors (Lipinski definition) is 2. The molecule has 0 aromatic heterocycles. The van der Waals surface area contributed by atoms with Gasteiger partial charge in [-0.2, -0.15) is 13.2 Å². The summed E-state index contributed by atoms with van der Waals surface area (Å²) >= 11 is 0. The van der Waals surface area contributed by atoms with Crippen molar-refractivity contribution in [3.8, 4) is 0 Å². The van der Waals surface area contributed by atoms with Crippen molar-refractivity contribution in [2.75, 3.05) is 37.8 Å². The van der Waals surface area contributed by atoms with Crippen LogP contribution in [-0.2, 0) is 6.18 Å². The van der Waals surface area contributed by atoms with E-state index in [0.29, 0.717) is 17.8 Å². The van der Waals surface area contributed by atoms with Crippen molar-refractivity contribution in [3.63, 3.8) is 0 Å². The Bertz CT molecular complexity index is 832. The van der Waals surface area contributed by atoms with Gasteiger partial charge in [-0.15, -0.1) is 0 Å². The van der Waals surface area contributed by atoms with Gasteiger partial charge in [0.05, 0.1) is 16.9 Å². The van der Waals surface area contributed by atoms with Gasteiger partial charge < -0.3 is 15.5 Å². The zero-order valence-electron chi connectivity index (χ0n) is 16.6. The zero-order valence-corrected chi connectivity index (χ0v) is 16.6. The fourth-order valence-corrected chi connectivity index (χ4v) is 2.67. The first-order valence-corrected chi connectivity index (χ1v) is 9.06. The van der Waals surface area contributed by atoms with Gasteiger partial charge in [-0.25, -0.2) is 0 Å². The minimum atomic E-state index is -4.48. The maximum atomic E-state index is 13.1. The lowest BCUT2D eigenvalue weighted by atomic mass is 10.1. The molecule has 152 valence electrons. The number of hydrogen-bond acceptors (Lipinski definition) is 3. The van der Waals surface area contributed by atoms with Crippen LogP contribution < -0.4 is 10.6 Å². The second-order valence-corrected chi connectivity index (χ2v) is 7.09. The molecule has 2 aromatic rings. The molecule has 0 heterocycles. The number of halogens is 3. The van der Waals surface area contributed by atoms with Gasteiger partial charge in [0.25, 0.3) is 5.91 Å². The molecule has 0 saturated heterocycles. The third-order valence-electron chi connectivity index (χ3n) is 4.46. The molecule has 28 heavy (non-hydrogen) atoms. The summed E-state index contributed by atoms with van der Waals surface area (Å²) in [5.41, 5.74) is 2.16. The molecule has 0 aliphatic rings. The van der Waals surface area contributed by atoms with Gasteiger partial charge >= 0.3 is 6.18 Å². The predicted molar refractivity (Wildman–Crippen MR) is 107 cm³/mol. The Hall–Kier alpha value is -2.54. The molecule has 0 spiro atoms. The average molecular weight is 393 g/mol. The molecule has 2 rings (SSSR count). The first-order chi connectivity index (χ1) is 13.1. The normalized spacial score (nSPS) is 11.6. The van der Waals surface area contributed by atoms with E-state index >= 15 is 0 Å². The smallest absolute Gasteiger partial charge is 0.383 e. The van der Waals surface area contributed by atoms with Crippen LogP contribution in [0, 0.1) is 13.8 Å². The number of nitrogens with zero attached hydrogens (tertiary/aromatic N) is 1. The van der Waals surface area contributed by atoms with E-state index in [-0.39, 0.29) is 5.69 Å². The number of rotatable bonds is 7. The van der Waals surface area contributed by atoms with Crippen LogP contribution in [0.5, 0.6) is 0 Å². The quantitative estimate of drug-likeness (QED) is 0.655. The van der Waals surface area contributed by atoms with E-state index in [1.165, 1.54) is 6.07 Å². The number of amides is 1. The van der Waals surface area contributed by atoms with Crippen molar-refractivity contribution in [2.24, 2.45) is 0 Å². The summed E-state index contributed by atoms with van der Waals surface area (Å²) in [7, 11) is 3.90.